The van der Waals surface area contributed by atoms with Crippen molar-refractivity contribution in [3.63, 3.8) is 0 Å². The largest absolute Gasteiger partial charge is 0.344 e. The van der Waals surface area contributed by atoms with E-state index >= 15 is 0 Å². The van der Waals surface area contributed by atoms with Gasteiger partial charge in [-0.25, -0.2) is 0 Å². The molecule has 0 atom stereocenters. The van der Waals surface area contributed by atoms with Gasteiger partial charge in [0, 0.05) is 6.54 Å². The second kappa shape index (κ2) is 5.65. The molecule has 18 heavy (non-hydrogen) atoms. The third-order valence-corrected chi connectivity index (χ3v) is 2.67. The summed E-state index contributed by atoms with van der Waals surface area (Å²) in [5, 5.41) is 11.2. The monoisotopic (exact) mass is 235 g/mol. The maximum atomic E-state index is 10.1. The number of nitrogens with one attached hydrogen (secondary N) is 1. The summed E-state index contributed by atoms with van der Waals surface area (Å²) in [5.74, 6) is 0. The second-order valence-corrected chi connectivity index (χ2v) is 3.84. The Kier molecular flexibility index (Phi) is 3.72. The normalized spacial score (nSPS) is 9.50. The van der Waals surface area contributed by atoms with Crippen molar-refractivity contribution in [2.24, 2.45) is 0 Å². The lowest BCUT2D eigenvalue weighted by molar-refractivity contribution is 0.542. The van der Waals surface area contributed by atoms with Crippen LogP contribution in [-0.4, -0.2) is 6.41 Å². The predicted molar refractivity (Wildman–Crippen MR) is 69.1 cm³/mol. The molecule has 0 heterocycles. The highest BCUT2D eigenvalue weighted by molar-refractivity contribution is 5.64. The molecule has 0 aromatic heterocycles. The SMILES string of the molecule is N#Cc1ccc(-c2ccc(CN[C]=O)cc2)cc1. The van der Waals surface area contributed by atoms with Crippen LogP contribution in [0.2, 0.25) is 0 Å². The van der Waals surface area contributed by atoms with Crippen LogP contribution in [0, 0.1) is 11.3 Å². The van der Waals surface area contributed by atoms with E-state index in [1.54, 1.807) is 18.5 Å². The number of hydrogen-bond acceptors (Lipinski definition) is 2. The van der Waals surface area contributed by atoms with Gasteiger partial charge in [-0.15, -0.1) is 0 Å². The van der Waals surface area contributed by atoms with Gasteiger partial charge in [-0.2, -0.15) is 5.26 Å². The van der Waals surface area contributed by atoms with E-state index in [4.69, 9.17) is 5.26 Å². The number of hydrogen-bond donors (Lipinski definition) is 1. The van der Waals surface area contributed by atoms with E-state index in [0.717, 1.165) is 16.7 Å². The molecule has 0 saturated heterocycles. The lowest BCUT2D eigenvalue weighted by atomic mass is 10.0. The highest BCUT2D eigenvalue weighted by Crippen LogP contribution is 2.20. The van der Waals surface area contributed by atoms with Crippen molar-refractivity contribution < 1.29 is 4.79 Å². The summed E-state index contributed by atoms with van der Waals surface area (Å²) in [6.07, 6.45) is 1.64. The molecule has 3 heteroatoms. The Morgan fingerprint density at radius 1 is 0.944 bits per heavy atom. The van der Waals surface area contributed by atoms with Gasteiger partial charge >= 0.3 is 6.41 Å². The number of rotatable bonds is 4. The molecule has 2 aromatic carbocycles. The molecular formula is C15H11N2O. The molecule has 87 valence electrons. The predicted octanol–water partition coefficient (Wildman–Crippen LogP) is 2.38. The summed E-state index contributed by atoms with van der Waals surface area (Å²) < 4.78 is 0. The van der Waals surface area contributed by atoms with E-state index in [1.165, 1.54) is 0 Å². The number of amides is 1. The molecule has 1 N–H and O–H groups in total. The minimum atomic E-state index is 0.483. The summed E-state index contributed by atoms with van der Waals surface area (Å²) in [5.41, 5.74) is 3.82. The van der Waals surface area contributed by atoms with Crippen LogP contribution >= 0.6 is 0 Å². The molecule has 2 rings (SSSR count). The molecule has 0 saturated carbocycles. The average molecular weight is 235 g/mol. The topological polar surface area (TPSA) is 52.9 Å². The van der Waals surface area contributed by atoms with E-state index in [9.17, 15) is 4.79 Å². The first-order valence-electron chi connectivity index (χ1n) is 5.53. The molecule has 2 aromatic rings. The summed E-state index contributed by atoms with van der Waals surface area (Å²) in [6, 6.07) is 17.4. The molecule has 0 fully saturated rings. The lowest BCUT2D eigenvalue weighted by Crippen LogP contribution is -2.09. The maximum Gasteiger partial charge on any atom is 0.309 e. The maximum absolute atomic E-state index is 10.1. The molecule has 0 spiro atoms. The highest BCUT2D eigenvalue weighted by atomic mass is 16.1. The third-order valence-electron chi connectivity index (χ3n) is 2.67. The standard InChI is InChI=1S/C15H11N2O/c16-9-12-1-5-14(6-2-12)15-7-3-13(4-8-15)10-17-11-18/h1-8H,10H2,(H,17,18). The van der Waals surface area contributed by atoms with Gasteiger partial charge < -0.3 is 5.32 Å². The van der Waals surface area contributed by atoms with Crippen LogP contribution in [0.25, 0.3) is 11.1 Å². The van der Waals surface area contributed by atoms with Gasteiger partial charge in [-0.1, -0.05) is 36.4 Å². The fourth-order valence-electron chi connectivity index (χ4n) is 1.69. The number of benzene rings is 2. The lowest BCUT2D eigenvalue weighted by Gasteiger charge is -2.04. The van der Waals surface area contributed by atoms with Gasteiger partial charge in [-0.05, 0) is 28.8 Å². The zero-order valence-corrected chi connectivity index (χ0v) is 9.68. The molecule has 0 bridgehead atoms. The van der Waals surface area contributed by atoms with E-state index in [2.05, 4.69) is 11.4 Å². The highest BCUT2D eigenvalue weighted by Gasteiger charge is 1.98. The fraction of sp³-hybridized carbons (Fsp3) is 0.0667. The van der Waals surface area contributed by atoms with E-state index in [1.807, 2.05) is 36.4 Å². The average Bonchev–Trinajstić information content (AvgIpc) is 2.46. The number of carbonyl (C=O) groups excluding carboxylic acids is 1. The Morgan fingerprint density at radius 3 is 2.00 bits per heavy atom. The zero-order valence-electron chi connectivity index (χ0n) is 9.68. The summed E-state index contributed by atoms with van der Waals surface area (Å²) in [4.78, 5) is 10.1. The van der Waals surface area contributed by atoms with Crippen LogP contribution in [0.5, 0.6) is 0 Å². The summed E-state index contributed by atoms with van der Waals surface area (Å²) in [7, 11) is 0. The van der Waals surface area contributed by atoms with E-state index < -0.39 is 0 Å². The second-order valence-electron chi connectivity index (χ2n) is 3.84. The third kappa shape index (κ3) is 2.74. The van der Waals surface area contributed by atoms with Gasteiger partial charge in [0.25, 0.3) is 0 Å². The Labute approximate surface area is 106 Å². The minimum absolute atomic E-state index is 0.483. The molecule has 0 aliphatic carbocycles. The van der Waals surface area contributed by atoms with Crippen molar-refractivity contribution in [3.8, 4) is 17.2 Å². The molecule has 3 nitrogen and oxygen atoms in total. The molecule has 1 amide bonds. The smallest absolute Gasteiger partial charge is 0.309 e. The summed E-state index contributed by atoms with van der Waals surface area (Å²) in [6.45, 7) is 0.483. The van der Waals surface area contributed by atoms with Crippen molar-refractivity contribution >= 4 is 6.41 Å². The van der Waals surface area contributed by atoms with Gasteiger partial charge in [0.05, 0.1) is 11.6 Å². The van der Waals surface area contributed by atoms with Crippen LogP contribution in [0.15, 0.2) is 48.5 Å². The van der Waals surface area contributed by atoms with Crippen LogP contribution in [0.4, 0.5) is 0 Å². The van der Waals surface area contributed by atoms with E-state index in [-0.39, 0.29) is 0 Å². The Hall–Kier alpha value is -2.60. The number of nitrogens with zero attached hydrogens (tertiary/aromatic N) is 1. The first kappa shape index (κ1) is 11.9. The molecule has 0 aliphatic rings. The Bertz CT molecular complexity index is 565. The Balaban J connectivity index is 2.18. The van der Waals surface area contributed by atoms with Crippen LogP contribution in [0.1, 0.15) is 11.1 Å². The minimum Gasteiger partial charge on any atom is -0.344 e. The molecule has 0 unspecified atom stereocenters. The first-order chi connectivity index (χ1) is 8.83. The van der Waals surface area contributed by atoms with Crippen molar-refractivity contribution in [1.82, 2.24) is 5.32 Å². The quantitative estimate of drug-likeness (QED) is 0.827. The summed E-state index contributed by atoms with van der Waals surface area (Å²) >= 11 is 0. The van der Waals surface area contributed by atoms with Crippen LogP contribution < -0.4 is 5.32 Å². The van der Waals surface area contributed by atoms with Crippen LogP contribution in [-0.2, 0) is 11.3 Å². The molecule has 0 aliphatic heterocycles. The first-order valence-corrected chi connectivity index (χ1v) is 5.53. The van der Waals surface area contributed by atoms with Crippen molar-refractivity contribution in [2.45, 2.75) is 6.54 Å². The van der Waals surface area contributed by atoms with Crippen molar-refractivity contribution in [2.75, 3.05) is 0 Å². The zero-order chi connectivity index (χ0) is 12.8. The van der Waals surface area contributed by atoms with Crippen LogP contribution in [0.3, 0.4) is 0 Å². The number of nitriles is 1. The van der Waals surface area contributed by atoms with E-state index in [0.29, 0.717) is 12.1 Å². The van der Waals surface area contributed by atoms with Gasteiger partial charge in [0.2, 0.25) is 0 Å². The Morgan fingerprint density at radius 2 is 1.50 bits per heavy atom. The fourth-order valence-corrected chi connectivity index (χ4v) is 1.69. The molecular weight excluding hydrogens is 224 g/mol. The van der Waals surface area contributed by atoms with Gasteiger partial charge in [-0.3, -0.25) is 4.79 Å². The van der Waals surface area contributed by atoms with Crippen molar-refractivity contribution in [1.29, 1.82) is 5.26 Å². The van der Waals surface area contributed by atoms with Gasteiger partial charge in [0.15, 0.2) is 0 Å². The molecule has 1 radical (unpaired) electrons. The van der Waals surface area contributed by atoms with Gasteiger partial charge in [0.1, 0.15) is 0 Å². The van der Waals surface area contributed by atoms with Crippen molar-refractivity contribution in [3.05, 3.63) is 59.7 Å².